The van der Waals surface area contributed by atoms with Gasteiger partial charge in [-0.2, -0.15) is 0 Å². The van der Waals surface area contributed by atoms with Crippen molar-refractivity contribution in [3.8, 4) is 57.5 Å². The largest absolute Gasteiger partial charge is 0.508 e. The molecule has 0 spiro atoms. The van der Waals surface area contributed by atoms with Crippen LogP contribution in [0, 0.1) is 17.8 Å². The van der Waals surface area contributed by atoms with Crippen LogP contribution in [0.25, 0.3) is 11.1 Å². The van der Waals surface area contributed by atoms with Gasteiger partial charge in [-0.15, -0.1) is 0 Å². The Labute approximate surface area is 325 Å². The van der Waals surface area contributed by atoms with E-state index in [1.807, 2.05) is 24.3 Å². The van der Waals surface area contributed by atoms with Crippen LogP contribution in [0.15, 0.2) is 30.3 Å². The Kier molecular flexibility index (Phi) is 11.1. The maximum absolute atomic E-state index is 12.8. The number of aliphatic hydroxyl groups is 3. The molecule has 54 heavy (non-hydrogen) atoms. The zero-order valence-corrected chi connectivity index (χ0v) is 32.5. The maximum atomic E-state index is 12.8. The van der Waals surface area contributed by atoms with Gasteiger partial charge in [0, 0.05) is 52.3 Å². The summed E-state index contributed by atoms with van der Waals surface area (Å²) < 4.78 is 25.7. The minimum Gasteiger partial charge on any atom is -0.508 e. The lowest BCUT2D eigenvalue weighted by atomic mass is 9.65. The summed E-state index contributed by atoms with van der Waals surface area (Å²) in [4.78, 5) is 0. The summed E-state index contributed by atoms with van der Waals surface area (Å²) in [5.74, 6) is 8.97. The second-order valence-electron chi connectivity index (χ2n) is 15.4. The lowest BCUT2D eigenvalue weighted by Crippen LogP contribution is -2.40. The van der Waals surface area contributed by atoms with E-state index in [2.05, 4.69) is 18.8 Å². The van der Waals surface area contributed by atoms with Gasteiger partial charge in [0.1, 0.15) is 30.0 Å². The topological polar surface area (TPSA) is 138 Å². The van der Waals surface area contributed by atoms with Gasteiger partial charge in [0.05, 0.1) is 31.7 Å². The Morgan fingerprint density at radius 2 is 1.78 bits per heavy atom. The number of benzene rings is 3. The first kappa shape index (κ1) is 37.5. The number of hydrogen-bond acceptors (Lipinski definition) is 11. The molecular weight excluding hydrogens is 725 g/mol. The van der Waals surface area contributed by atoms with Crippen molar-refractivity contribution in [3.63, 3.8) is 0 Å². The van der Waals surface area contributed by atoms with E-state index in [1.54, 1.807) is 27.7 Å². The van der Waals surface area contributed by atoms with Gasteiger partial charge in [-0.3, -0.25) is 0 Å². The molecule has 1 fully saturated rings. The molecule has 5 aliphatic rings. The molecule has 7 atom stereocenters. The molecule has 1 saturated carbocycles. The summed E-state index contributed by atoms with van der Waals surface area (Å²) in [5, 5.41) is 56.1. The number of aliphatic hydroxyl groups excluding tert-OH is 3. The van der Waals surface area contributed by atoms with Crippen molar-refractivity contribution in [2.24, 2.45) is 5.92 Å². The molecule has 3 aromatic rings. The zero-order chi connectivity index (χ0) is 37.5. The number of phenols is 2. The van der Waals surface area contributed by atoms with E-state index in [0.29, 0.717) is 34.3 Å². The van der Waals surface area contributed by atoms with Gasteiger partial charge < -0.3 is 44.5 Å². The molecule has 9 nitrogen and oxygen atoms in total. The van der Waals surface area contributed by atoms with Gasteiger partial charge in [-0.1, -0.05) is 59.3 Å². The molecule has 0 saturated heterocycles. The standard InChI is InChI=1S/C43H50O9S2/c1-23-11-13-26-29-19-24(46)12-14-27(29)36-32(50-17-16-44)21-33-38(37(36)31(26)22-45)39-35(54-53-18-15-23)10-6-9-28-30(43(52-33)41(39)48)20-34(40(47)42(28)49-2)51-25-7-4-3-5-8-25/h12,14,19-21,23,25-26,31,35,39,41,43-48H,3-5,7-9,11,13,15-18,22H2,1-2H3. The van der Waals surface area contributed by atoms with Gasteiger partial charge in [0.2, 0.25) is 5.75 Å². The van der Waals surface area contributed by atoms with Gasteiger partial charge >= 0.3 is 0 Å². The van der Waals surface area contributed by atoms with E-state index < -0.39 is 18.1 Å². The number of aromatic hydroxyl groups is 2. The molecule has 4 bridgehead atoms. The summed E-state index contributed by atoms with van der Waals surface area (Å²) >= 11 is 0. The summed E-state index contributed by atoms with van der Waals surface area (Å²) in [6.07, 6.45) is 6.12. The molecule has 288 valence electrons. The van der Waals surface area contributed by atoms with E-state index in [-0.39, 0.29) is 66.7 Å². The summed E-state index contributed by atoms with van der Waals surface area (Å²) in [6, 6.07) is 9.08. The fraction of sp³-hybridized carbons (Fsp3) is 0.535. The molecule has 8 rings (SSSR count). The average molecular weight is 775 g/mol. The van der Waals surface area contributed by atoms with Gasteiger partial charge in [0.25, 0.3) is 0 Å². The summed E-state index contributed by atoms with van der Waals surface area (Å²) in [6.45, 7) is 1.95. The number of hydrogen-bond donors (Lipinski definition) is 5. The van der Waals surface area contributed by atoms with Crippen LogP contribution in [0.2, 0.25) is 0 Å². The zero-order valence-electron chi connectivity index (χ0n) is 30.9. The molecule has 2 heterocycles. The van der Waals surface area contributed by atoms with Crippen molar-refractivity contribution in [3.05, 3.63) is 58.1 Å². The van der Waals surface area contributed by atoms with Crippen molar-refractivity contribution in [1.82, 2.24) is 0 Å². The average Bonchev–Trinajstić information content (AvgIpc) is 3.20. The van der Waals surface area contributed by atoms with Gasteiger partial charge in [-0.05, 0) is 85.3 Å². The van der Waals surface area contributed by atoms with Crippen LogP contribution < -0.4 is 18.9 Å². The molecule has 0 amide bonds. The van der Waals surface area contributed by atoms with Crippen molar-refractivity contribution in [1.29, 1.82) is 0 Å². The van der Waals surface area contributed by atoms with Gasteiger partial charge in [-0.25, -0.2) is 0 Å². The Hall–Kier alpha value is -3.40. The van der Waals surface area contributed by atoms with E-state index in [1.165, 1.54) is 7.11 Å². The number of phenolic OH excluding ortho intramolecular Hbond substituents is 2. The van der Waals surface area contributed by atoms with Crippen LogP contribution in [0.4, 0.5) is 0 Å². The highest BCUT2D eigenvalue weighted by atomic mass is 33.1. The minimum atomic E-state index is -1.07. The summed E-state index contributed by atoms with van der Waals surface area (Å²) in [7, 11) is 4.97. The highest BCUT2D eigenvalue weighted by molar-refractivity contribution is 8.77. The third-order valence-corrected chi connectivity index (χ3v) is 14.8. The van der Waals surface area contributed by atoms with Crippen LogP contribution >= 0.6 is 21.6 Å². The first-order chi connectivity index (χ1) is 26.3. The molecule has 2 aliphatic heterocycles. The van der Waals surface area contributed by atoms with E-state index in [9.17, 15) is 25.5 Å². The van der Waals surface area contributed by atoms with Crippen LogP contribution in [0.3, 0.4) is 0 Å². The molecular formula is C43H50O9S2. The van der Waals surface area contributed by atoms with Crippen LogP contribution in [-0.4, -0.2) is 75.7 Å². The first-order valence-electron chi connectivity index (χ1n) is 19.4. The fourth-order valence-electron chi connectivity index (χ4n) is 9.45. The minimum absolute atomic E-state index is 0.0386. The molecule has 11 heteroatoms. The highest BCUT2D eigenvalue weighted by Crippen LogP contribution is 2.61. The SMILES string of the molecule is COc1c(O)c(OC2CCCCC2)cc2c1CC#CC1SSCCC(C)CCC3c4cc(O)ccc4-c4c(OCCO)cc5c(c4C3CO)C1C(O)C2O5. The summed E-state index contributed by atoms with van der Waals surface area (Å²) in [5.41, 5.74) is 5.59. The number of rotatable bonds is 7. The van der Waals surface area contributed by atoms with Crippen LogP contribution in [-0.2, 0) is 6.42 Å². The predicted octanol–water partition coefficient (Wildman–Crippen LogP) is 7.74. The molecule has 3 aliphatic carbocycles. The Bertz CT molecular complexity index is 1930. The highest BCUT2D eigenvalue weighted by Gasteiger charge is 2.49. The predicted molar refractivity (Wildman–Crippen MR) is 211 cm³/mol. The third-order valence-electron chi connectivity index (χ3n) is 12.1. The Balaban J connectivity index is 1.38. The lowest BCUT2D eigenvalue weighted by Gasteiger charge is -2.44. The fourth-order valence-corrected chi connectivity index (χ4v) is 12.3. The Morgan fingerprint density at radius 3 is 2.56 bits per heavy atom. The van der Waals surface area contributed by atoms with Crippen LogP contribution in [0.5, 0.6) is 34.5 Å². The maximum Gasteiger partial charge on any atom is 0.201 e. The molecule has 0 radical (unpaired) electrons. The second-order valence-corrected chi connectivity index (χ2v) is 18.0. The normalized spacial score (nSPS) is 27.5. The number of ether oxygens (including phenoxy) is 4. The monoisotopic (exact) mass is 774 g/mol. The van der Waals surface area contributed by atoms with Crippen molar-refractivity contribution >= 4 is 21.6 Å². The first-order valence-corrected chi connectivity index (χ1v) is 21.8. The van der Waals surface area contributed by atoms with E-state index in [4.69, 9.17) is 18.9 Å². The van der Waals surface area contributed by atoms with Crippen LogP contribution in [0.1, 0.15) is 110 Å². The molecule has 7 unspecified atom stereocenters. The van der Waals surface area contributed by atoms with Gasteiger partial charge in [0.15, 0.2) is 17.6 Å². The van der Waals surface area contributed by atoms with Crippen molar-refractivity contribution in [2.45, 2.75) is 106 Å². The molecule has 0 aromatic heterocycles. The Morgan fingerprint density at radius 1 is 0.944 bits per heavy atom. The quantitative estimate of drug-likeness (QED) is 0.119. The second kappa shape index (κ2) is 16.0. The van der Waals surface area contributed by atoms with Crippen molar-refractivity contribution < 1.29 is 44.5 Å². The van der Waals surface area contributed by atoms with E-state index >= 15 is 0 Å². The molecule has 5 N–H and O–H groups in total. The molecule has 3 aromatic carbocycles. The van der Waals surface area contributed by atoms with E-state index in [0.717, 1.165) is 84.9 Å². The number of fused-ring (bicyclic) bond motifs is 7. The third kappa shape index (κ3) is 6.76. The smallest absolute Gasteiger partial charge is 0.201 e. The lowest BCUT2D eigenvalue weighted by molar-refractivity contribution is 0.000468. The number of methoxy groups -OCH3 is 1. The van der Waals surface area contributed by atoms with Crippen molar-refractivity contribution in [2.75, 3.05) is 32.7 Å².